The second kappa shape index (κ2) is 11.4. The molecule has 2 N–H and O–H groups in total. The molecule has 0 radical (unpaired) electrons. The van der Waals surface area contributed by atoms with Gasteiger partial charge >= 0.3 is 0 Å². The first-order chi connectivity index (χ1) is 18.5. The van der Waals surface area contributed by atoms with Gasteiger partial charge in [0.15, 0.2) is 5.11 Å². The Bertz CT molecular complexity index is 1400. The van der Waals surface area contributed by atoms with E-state index in [0.717, 1.165) is 42.4 Å². The van der Waals surface area contributed by atoms with E-state index < -0.39 is 0 Å². The Balaban J connectivity index is 1.50. The fraction of sp³-hybridized carbons (Fsp3) is 0.312. The highest BCUT2D eigenvalue weighted by Gasteiger charge is 2.41. The summed E-state index contributed by atoms with van der Waals surface area (Å²) in [5.74, 6) is 0. The molecule has 0 aliphatic carbocycles. The van der Waals surface area contributed by atoms with Gasteiger partial charge in [-0.15, -0.1) is 0 Å². The molecule has 1 aliphatic rings. The number of nitrogens with zero attached hydrogens (tertiary/aromatic N) is 3. The third-order valence-corrected chi connectivity index (χ3v) is 7.94. The third-order valence-electron chi connectivity index (χ3n) is 7.59. The van der Waals surface area contributed by atoms with Gasteiger partial charge in [0.05, 0.1) is 23.5 Å². The monoisotopic (exact) mass is 523 g/mol. The van der Waals surface area contributed by atoms with Crippen molar-refractivity contribution >= 4 is 23.0 Å². The quantitative estimate of drug-likeness (QED) is 0.186. The minimum Gasteiger partial charge on any atom is -0.385 e. The van der Waals surface area contributed by atoms with Gasteiger partial charge in [-0.2, -0.15) is 0 Å². The summed E-state index contributed by atoms with van der Waals surface area (Å²) in [6.45, 7) is 10.6. The Morgan fingerprint density at radius 1 is 0.974 bits per heavy atom. The van der Waals surface area contributed by atoms with E-state index in [2.05, 4.69) is 108 Å². The van der Waals surface area contributed by atoms with Gasteiger partial charge in [-0.05, 0) is 92.9 Å². The van der Waals surface area contributed by atoms with Crippen LogP contribution in [0.2, 0.25) is 0 Å². The van der Waals surface area contributed by atoms with Gasteiger partial charge in [-0.25, -0.2) is 0 Å². The van der Waals surface area contributed by atoms with Crippen LogP contribution in [0.5, 0.6) is 0 Å². The summed E-state index contributed by atoms with van der Waals surface area (Å²) in [6.07, 6.45) is 3.84. The van der Waals surface area contributed by atoms with Gasteiger partial charge in [0, 0.05) is 36.4 Å². The molecule has 196 valence electrons. The number of thiocarbonyl (C=S) groups is 1. The smallest absolute Gasteiger partial charge is 0.170 e. The SMILES string of the molecule is CCc1cccc(C)c1-n1c(C)cc([C@H]2[C@@H](c3ccccn3)NC(=S)N2CCCNc2ccccc2)c1C. The Hall–Kier alpha value is -3.64. The Labute approximate surface area is 231 Å². The molecular formula is C32H37N5S. The van der Waals surface area contributed by atoms with Crippen LogP contribution < -0.4 is 10.6 Å². The van der Waals surface area contributed by atoms with Gasteiger partial charge in [0.2, 0.25) is 0 Å². The molecule has 6 heteroatoms. The molecule has 5 rings (SSSR count). The first-order valence-corrected chi connectivity index (χ1v) is 13.9. The predicted molar refractivity (Wildman–Crippen MR) is 161 cm³/mol. The summed E-state index contributed by atoms with van der Waals surface area (Å²) in [5.41, 5.74) is 9.92. The molecule has 1 fully saturated rings. The lowest BCUT2D eigenvalue weighted by atomic mass is 9.96. The maximum absolute atomic E-state index is 5.93. The zero-order valence-electron chi connectivity index (χ0n) is 22.7. The van der Waals surface area contributed by atoms with Crippen LogP contribution in [0.3, 0.4) is 0 Å². The van der Waals surface area contributed by atoms with E-state index in [1.807, 2.05) is 18.3 Å². The number of anilines is 1. The Morgan fingerprint density at radius 3 is 2.50 bits per heavy atom. The van der Waals surface area contributed by atoms with Crippen molar-refractivity contribution in [2.45, 2.75) is 52.6 Å². The normalized spacial score (nSPS) is 17.1. The van der Waals surface area contributed by atoms with Crippen LogP contribution in [0, 0.1) is 20.8 Å². The predicted octanol–water partition coefficient (Wildman–Crippen LogP) is 6.83. The molecule has 0 amide bonds. The van der Waals surface area contributed by atoms with E-state index in [-0.39, 0.29) is 12.1 Å². The summed E-state index contributed by atoms with van der Waals surface area (Å²) in [7, 11) is 0. The average molecular weight is 524 g/mol. The van der Waals surface area contributed by atoms with Crippen LogP contribution in [0.1, 0.15) is 59.2 Å². The van der Waals surface area contributed by atoms with E-state index in [1.165, 1.54) is 33.8 Å². The molecule has 3 heterocycles. The van der Waals surface area contributed by atoms with Crippen molar-refractivity contribution in [3.05, 3.63) is 113 Å². The summed E-state index contributed by atoms with van der Waals surface area (Å²) < 4.78 is 2.44. The number of para-hydroxylation sites is 2. The summed E-state index contributed by atoms with van der Waals surface area (Å²) in [4.78, 5) is 7.10. The first-order valence-electron chi connectivity index (χ1n) is 13.5. The van der Waals surface area contributed by atoms with Crippen molar-refractivity contribution in [1.82, 2.24) is 19.8 Å². The molecule has 0 saturated carbocycles. The van der Waals surface area contributed by atoms with Gasteiger partial charge in [-0.3, -0.25) is 4.98 Å². The van der Waals surface area contributed by atoms with Crippen LogP contribution in [0.25, 0.3) is 5.69 Å². The fourth-order valence-electron chi connectivity index (χ4n) is 5.78. The van der Waals surface area contributed by atoms with Crippen LogP contribution >= 0.6 is 12.2 Å². The molecule has 2 atom stereocenters. The molecule has 38 heavy (non-hydrogen) atoms. The van der Waals surface area contributed by atoms with Crippen molar-refractivity contribution in [2.75, 3.05) is 18.4 Å². The van der Waals surface area contributed by atoms with Crippen LogP contribution in [0.4, 0.5) is 5.69 Å². The number of nitrogens with one attached hydrogen (secondary N) is 2. The van der Waals surface area contributed by atoms with Crippen molar-refractivity contribution in [3.63, 3.8) is 0 Å². The van der Waals surface area contributed by atoms with Gasteiger partial charge in [0.1, 0.15) is 0 Å². The molecule has 1 aliphatic heterocycles. The number of rotatable bonds is 9. The van der Waals surface area contributed by atoms with Crippen molar-refractivity contribution in [3.8, 4) is 5.69 Å². The van der Waals surface area contributed by atoms with Gasteiger partial charge < -0.3 is 20.1 Å². The number of pyridine rings is 1. The molecule has 0 spiro atoms. The van der Waals surface area contributed by atoms with E-state index in [0.29, 0.717) is 0 Å². The Kier molecular flexibility index (Phi) is 7.79. The summed E-state index contributed by atoms with van der Waals surface area (Å²) in [5, 5.41) is 7.95. The van der Waals surface area contributed by atoms with Crippen molar-refractivity contribution in [1.29, 1.82) is 0 Å². The minimum absolute atomic E-state index is 0.0118. The second-order valence-corrected chi connectivity index (χ2v) is 10.5. The summed E-state index contributed by atoms with van der Waals surface area (Å²) in [6, 6.07) is 25.5. The van der Waals surface area contributed by atoms with Crippen LogP contribution in [0.15, 0.2) is 79.0 Å². The van der Waals surface area contributed by atoms with E-state index in [9.17, 15) is 0 Å². The second-order valence-electron chi connectivity index (χ2n) is 10.1. The zero-order chi connectivity index (χ0) is 26.6. The fourth-order valence-corrected chi connectivity index (χ4v) is 6.11. The zero-order valence-corrected chi connectivity index (χ0v) is 23.6. The lowest BCUT2D eigenvalue weighted by molar-refractivity contribution is 0.315. The largest absolute Gasteiger partial charge is 0.385 e. The lowest BCUT2D eigenvalue weighted by Crippen LogP contribution is -2.31. The maximum atomic E-state index is 5.93. The van der Waals surface area contributed by atoms with Crippen LogP contribution in [-0.2, 0) is 6.42 Å². The van der Waals surface area contributed by atoms with E-state index in [4.69, 9.17) is 17.2 Å². The highest BCUT2D eigenvalue weighted by molar-refractivity contribution is 7.80. The molecule has 1 saturated heterocycles. The highest BCUT2D eigenvalue weighted by atomic mass is 32.1. The van der Waals surface area contributed by atoms with Gasteiger partial charge in [-0.1, -0.05) is 49.4 Å². The molecule has 0 unspecified atom stereocenters. The van der Waals surface area contributed by atoms with Crippen molar-refractivity contribution < 1.29 is 0 Å². The maximum Gasteiger partial charge on any atom is 0.170 e. The molecule has 4 aromatic rings. The van der Waals surface area contributed by atoms with Gasteiger partial charge in [0.25, 0.3) is 0 Å². The highest BCUT2D eigenvalue weighted by Crippen LogP contribution is 2.42. The molecule has 2 aromatic heterocycles. The molecular weight excluding hydrogens is 486 g/mol. The number of benzene rings is 2. The van der Waals surface area contributed by atoms with E-state index in [1.54, 1.807) is 0 Å². The standard InChI is InChI=1S/C32H37N5S/c1-5-25-14-11-13-22(2)30(25)37-23(3)21-27(24(37)4)31-29(28-17-9-10-18-34-28)35-32(38)36(31)20-12-19-33-26-15-7-6-8-16-26/h6-11,13-18,21,29,31,33H,5,12,19-20H2,1-4H3,(H,35,38)/t29-,31+/m1/s1. The average Bonchev–Trinajstić information content (AvgIpc) is 3.42. The van der Waals surface area contributed by atoms with Crippen LogP contribution in [-0.4, -0.2) is 32.7 Å². The topological polar surface area (TPSA) is 45.1 Å². The molecule has 2 aromatic carbocycles. The van der Waals surface area contributed by atoms with Crippen molar-refractivity contribution in [2.24, 2.45) is 0 Å². The molecule has 5 nitrogen and oxygen atoms in total. The summed E-state index contributed by atoms with van der Waals surface area (Å²) >= 11 is 5.93. The molecule has 0 bridgehead atoms. The first kappa shape index (κ1) is 26.0. The minimum atomic E-state index is -0.0118. The Morgan fingerprint density at radius 2 is 1.76 bits per heavy atom. The number of aryl methyl sites for hydroxylation is 3. The number of aromatic nitrogens is 2. The lowest BCUT2D eigenvalue weighted by Gasteiger charge is -2.28. The third kappa shape index (κ3) is 5.05. The number of hydrogen-bond acceptors (Lipinski definition) is 3. The van der Waals surface area contributed by atoms with E-state index >= 15 is 0 Å². The number of hydrogen-bond donors (Lipinski definition) is 2.